The molecule has 0 spiro atoms. The summed E-state index contributed by atoms with van der Waals surface area (Å²) in [4.78, 5) is 4.60. The first kappa shape index (κ1) is 14.0. The van der Waals surface area contributed by atoms with E-state index in [-0.39, 0.29) is 0 Å². The molecule has 0 bridgehead atoms. The van der Waals surface area contributed by atoms with Crippen LogP contribution in [-0.4, -0.2) is 5.84 Å². The zero-order valence-electron chi connectivity index (χ0n) is 12.6. The highest BCUT2D eigenvalue weighted by Crippen LogP contribution is 2.35. The number of hydrogen-bond acceptors (Lipinski definition) is 2. The van der Waals surface area contributed by atoms with E-state index in [0.717, 1.165) is 11.1 Å². The molecule has 0 fully saturated rings. The van der Waals surface area contributed by atoms with Crippen molar-refractivity contribution in [2.24, 2.45) is 10.7 Å². The van der Waals surface area contributed by atoms with Gasteiger partial charge in [-0.05, 0) is 17.7 Å². The topological polar surface area (TPSA) is 38.4 Å². The fraction of sp³-hybridized carbons (Fsp3) is 0.0500. The molecule has 4 aromatic rings. The van der Waals surface area contributed by atoms with Crippen LogP contribution < -0.4 is 5.73 Å². The highest BCUT2D eigenvalue weighted by atomic mass is 32.1. The van der Waals surface area contributed by atoms with Crippen molar-refractivity contribution in [3.8, 4) is 0 Å². The van der Waals surface area contributed by atoms with Gasteiger partial charge in [0, 0.05) is 25.7 Å². The van der Waals surface area contributed by atoms with E-state index >= 15 is 0 Å². The fourth-order valence-electron chi connectivity index (χ4n) is 2.83. The maximum atomic E-state index is 6.31. The second kappa shape index (κ2) is 5.86. The van der Waals surface area contributed by atoms with Crippen LogP contribution in [0.3, 0.4) is 0 Å². The van der Waals surface area contributed by atoms with E-state index in [9.17, 15) is 0 Å². The van der Waals surface area contributed by atoms with Crippen LogP contribution in [0.4, 0.5) is 0 Å². The van der Waals surface area contributed by atoms with Gasteiger partial charge in [-0.1, -0.05) is 60.7 Å². The maximum absolute atomic E-state index is 6.31. The van der Waals surface area contributed by atoms with E-state index in [1.54, 1.807) is 11.3 Å². The lowest BCUT2D eigenvalue weighted by Gasteiger charge is -2.04. The molecule has 2 N–H and O–H groups in total. The summed E-state index contributed by atoms with van der Waals surface area (Å²) in [5.74, 6) is 0.600. The molecule has 0 unspecified atom stereocenters. The molecule has 0 aliphatic carbocycles. The molecule has 0 saturated heterocycles. The number of amidine groups is 1. The van der Waals surface area contributed by atoms with Crippen molar-refractivity contribution in [3.05, 3.63) is 83.9 Å². The van der Waals surface area contributed by atoms with Gasteiger partial charge in [-0.3, -0.25) is 4.99 Å². The van der Waals surface area contributed by atoms with E-state index in [2.05, 4.69) is 59.6 Å². The summed E-state index contributed by atoms with van der Waals surface area (Å²) in [5, 5.41) is 2.46. The summed E-state index contributed by atoms with van der Waals surface area (Å²) in [6.45, 7) is 0.602. The van der Waals surface area contributed by atoms with E-state index in [1.165, 1.54) is 20.2 Å². The molecular formula is C20H16N2S. The number of aliphatic imine (C=N–C) groups is 1. The molecule has 0 atom stereocenters. The molecule has 0 aliphatic rings. The lowest BCUT2D eigenvalue weighted by atomic mass is 10.1. The van der Waals surface area contributed by atoms with E-state index < -0.39 is 0 Å². The van der Waals surface area contributed by atoms with Crippen LogP contribution in [0.1, 0.15) is 11.1 Å². The van der Waals surface area contributed by atoms with Gasteiger partial charge in [-0.25, -0.2) is 0 Å². The van der Waals surface area contributed by atoms with Gasteiger partial charge in [0.05, 0.1) is 6.54 Å². The lowest BCUT2D eigenvalue weighted by Crippen LogP contribution is -2.14. The number of thiophene rings is 1. The summed E-state index contributed by atoms with van der Waals surface area (Å²) in [6.07, 6.45) is 0. The predicted octanol–water partition coefficient (Wildman–Crippen LogP) is 4.96. The molecule has 1 aromatic heterocycles. The minimum Gasteiger partial charge on any atom is -0.383 e. The van der Waals surface area contributed by atoms with Gasteiger partial charge < -0.3 is 5.73 Å². The van der Waals surface area contributed by atoms with Crippen LogP contribution >= 0.6 is 11.3 Å². The van der Waals surface area contributed by atoms with Crippen LogP contribution in [0, 0.1) is 0 Å². The molecule has 4 rings (SSSR count). The first-order valence-electron chi connectivity index (χ1n) is 7.57. The number of hydrogen-bond donors (Lipinski definition) is 1. The van der Waals surface area contributed by atoms with Crippen molar-refractivity contribution in [2.45, 2.75) is 6.54 Å². The molecule has 0 saturated carbocycles. The highest BCUT2D eigenvalue weighted by Gasteiger charge is 2.11. The Kier molecular flexibility index (Phi) is 3.56. The van der Waals surface area contributed by atoms with Crippen LogP contribution in [0.5, 0.6) is 0 Å². The molecular weight excluding hydrogens is 300 g/mol. The third kappa shape index (κ3) is 2.60. The summed E-state index contributed by atoms with van der Waals surface area (Å²) in [6, 6.07) is 24.9. The van der Waals surface area contributed by atoms with Gasteiger partial charge in [-0.15, -0.1) is 11.3 Å². The van der Waals surface area contributed by atoms with Crippen molar-refractivity contribution in [1.82, 2.24) is 0 Å². The van der Waals surface area contributed by atoms with E-state index in [0.29, 0.717) is 12.4 Å². The first-order valence-corrected chi connectivity index (χ1v) is 8.39. The average molecular weight is 316 g/mol. The highest BCUT2D eigenvalue weighted by molar-refractivity contribution is 7.25. The second-order valence-electron chi connectivity index (χ2n) is 5.46. The quantitative estimate of drug-likeness (QED) is 0.421. The number of nitrogens with zero attached hydrogens (tertiary/aromatic N) is 1. The van der Waals surface area contributed by atoms with Gasteiger partial charge in [0.2, 0.25) is 0 Å². The predicted molar refractivity (Wildman–Crippen MR) is 100 cm³/mol. The van der Waals surface area contributed by atoms with Crippen LogP contribution in [-0.2, 0) is 6.54 Å². The maximum Gasteiger partial charge on any atom is 0.126 e. The van der Waals surface area contributed by atoms with E-state index in [4.69, 9.17) is 5.73 Å². The summed E-state index contributed by atoms with van der Waals surface area (Å²) < 4.78 is 2.53. The molecule has 0 radical (unpaired) electrons. The zero-order chi connectivity index (χ0) is 15.6. The van der Waals surface area contributed by atoms with Crippen molar-refractivity contribution < 1.29 is 0 Å². The van der Waals surface area contributed by atoms with Crippen molar-refractivity contribution >= 4 is 37.3 Å². The lowest BCUT2D eigenvalue weighted by molar-refractivity contribution is 1.06. The van der Waals surface area contributed by atoms with Gasteiger partial charge in [0.15, 0.2) is 0 Å². The zero-order valence-corrected chi connectivity index (χ0v) is 13.4. The summed E-state index contributed by atoms with van der Waals surface area (Å²) in [5.41, 5.74) is 8.50. The first-order chi connectivity index (χ1) is 11.3. The smallest absolute Gasteiger partial charge is 0.126 e. The number of rotatable bonds is 3. The Morgan fingerprint density at radius 1 is 0.826 bits per heavy atom. The summed E-state index contributed by atoms with van der Waals surface area (Å²) >= 11 is 1.80. The fourth-order valence-corrected chi connectivity index (χ4v) is 3.97. The Balaban J connectivity index is 1.81. The standard InChI is InChI=1S/C20H16N2S/c21-20(22-13-14-7-2-1-3-8-14)16-10-6-12-18-19(16)15-9-4-5-11-17(15)23-18/h1-12H,13H2,(H2,21,22). The molecule has 2 nitrogen and oxygen atoms in total. The molecule has 112 valence electrons. The minimum atomic E-state index is 0.600. The van der Waals surface area contributed by atoms with Crippen molar-refractivity contribution in [1.29, 1.82) is 0 Å². The van der Waals surface area contributed by atoms with Crippen LogP contribution in [0.25, 0.3) is 20.2 Å². The Morgan fingerprint density at radius 2 is 1.57 bits per heavy atom. The Labute approximate surface area is 138 Å². The average Bonchev–Trinajstić information content (AvgIpc) is 2.99. The molecule has 23 heavy (non-hydrogen) atoms. The van der Waals surface area contributed by atoms with Gasteiger partial charge >= 0.3 is 0 Å². The van der Waals surface area contributed by atoms with Gasteiger partial charge in [0.1, 0.15) is 5.84 Å². The monoisotopic (exact) mass is 316 g/mol. The largest absolute Gasteiger partial charge is 0.383 e. The molecule has 0 amide bonds. The number of benzene rings is 3. The van der Waals surface area contributed by atoms with Crippen molar-refractivity contribution in [2.75, 3.05) is 0 Å². The third-order valence-electron chi connectivity index (χ3n) is 3.95. The molecule has 0 aliphatic heterocycles. The summed E-state index contributed by atoms with van der Waals surface area (Å²) in [7, 11) is 0. The molecule has 1 heterocycles. The minimum absolute atomic E-state index is 0.600. The van der Waals surface area contributed by atoms with Crippen LogP contribution in [0.2, 0.25) is 0 Å². The Morgan fingerprint density at radius 3 is 2.43 bits per heavy atom. The Bertz CT molecular complexity index is 1000. The van der Waals surface area contributed by atoms with Crippen molar-refractivity contribution in [3.63, 3.8) is 0 Å². The number of nitrogens with two attached hydrogens (primary N) is 1. The SMILES string of the molecule is NC(=NCc1ccccc1)c1cccc2sc3ccccc3c12. The third-order valence-corrected chi connectivity index (χ3v) is 5.09. The van der Waals surface area contributed by atoms with Gasteiger partial charge in [0.25, 0.3) is 0 Å². The number of fused-ring (bicyclic) bond motifs is 3. The normalized spacial score (nSPS) is 12.1. The van der Waals surface area contributed by atoms with E-state index in [1.807, 2.05) is 18.2 Å². The molecule has 3 heteroatoms. The van der Waals surface area contributed by atoms with Crippen LogP contribution in [0.15, 0.2) is 77.8 Å². The second-order valence-corrected chi connectivity index (χ2v) is 6.55. The molecule has 3 aromatic carbocycles. The van der Waals surface area contributed by atoms with Gasteiger partial charge in [-0.2, -0.15) is 0 Å². The Hall–Kier alpha value is -2.65.